The number of hydrogen-bond donors (Lipinski definition) is 2. The van der Waals surface area contributed by atoms with Crippen LogP contribution < -0.4 is 20.3 Å². The van der Waals surface area contributed by atoms with Gasteiger partial charge in [-0.2, -0.15) is 0 Å². The van der Waals surface area contributed by atoms with Crippen molar-refractivity contribution in [2.24, 2.45) is 0 Å². The van der Waals surface area contributed by atoms with E-state index in [4.69, 9.17) is 13.9 Å². The molecule has 0 aliphatic heterocycles. The normalized spacial score (nSPS) is 10.1. The minimum absolute atomic E-state index is 0.272. The number of benzene rings is 1. The van der Waals surface area contributed by atoms with E-state index in [0.29, 0.717) is 28.6 Å². The molecule has 0 saturated carbocycles. The molecule has 2 aromatic rings. The lowest BCUT2D eigenvalue weighted by Crippen LogP contribution is -2.41. The van der Waals surface area contributed by atoms with E-state index >= 15 is 0 Å². The Labute approximate surface area is 133 Å². The predicted molar refractivity (Wildman–Crippen MR) is 82.7 cm³/mol. The lowest BCUT2D eigenvalue weighted by atomic mass is 10.2. The largest absolute Gasteiger partial charge is 0.497 e. The first-order chi connectivity index (χ1) is 11.0. The van der Waals surface area contributed by atoms with Crippen molar-refractivity contribution in [1.82, 2.24) is 10.9 Å². The average Bonchev–Trinajstić information content (AvgIpc) is 2.90. The van der Waals surface area contributed by atoms with E-state index in [1.165, 1.54) is 14.2 Å². The van der Waals surface area contributed by atoms with Gasteiger partial charge >= 0.3 is 0 Å². The van der Waals surface area contributed by atoms with Gasteiger partial charge in [-0.05, 0) is 32.0 Å². The Morgan fingerprint density at radius 2 is 1.61 bits per heavy atom. The third kappa shape index (κ3) is 3.63. The molecular formula is C16H18N2O5. The molecule has 1 aromatic heterocycles. The number of rotatable bonds is 4. The number of carbonyl (C=O) groups excluding carboxylic acids is 2. The van der Waals surface area contributed by atoms with E-state index in [1.54, 1.807) is 38.1 Å². The van der Waals surface area contributed by atoms with Crippen molar-refractivity contribution in [2.75, 3.05) is 14.2 Å². The van der Waals surface area contributed by atoms with Gasteiger partial charge in [0.15, 0.2) is 0 Å². The first-order valence-corrected chi connectivity index (χ1v) is 6.86. The van der Waals surface area contributed by atoms with Crippen LogP contribution in [-0.4, -0.2) is 26.0 Å². The Balaban J connectivity index is 2.08. The van der Waals surface area contributed by atoms with Gasteiger partial charge in [-0.1, -0.05) is 0 Å². The van der Waals surface area contributed by atoms with Gasteiger partial charge in [0.25, 0.3) is 11.8 Å². The highest BCUT2D eigenvalue weighted by atomic mass is 16.5. The molecule has 7 nitrogen and oxygen atoms in total. The van der Waals surface area contributed by atoms with Crippen molar-refractivity contribution in [1.29, 1.82) is 0 Å². The number of amides is 2. The molecule has 0 unspecified atom stereocenters. The van der Waals surface area contributed by atoms with Gasteiger partial charge in [-0.15, -0.1) is 0 Å². The predicted octanol–water partition coefficient (Wildman–Crippen LogP) is 1.99. The molecule has 1 heterocycles. The topological polar surface area (TPSA) is 89.8 Å². The zero-order chi connectivity index (χ0) is 17.0. The molecule has 0 saturated heterocycles. The summed E-state index contributed by atoms with van der Waals surface area (Å²) < 4.78 is 15.5. The van der Waals surface area contributed by atoms with Crippen molar-refractivity contribution >= 4 is 11.8 Å². The van der Waals surface area contributed by atoms with Gasteiger partial charge in [0.2, 0.25) is 0 Å². The second kappa shape index (κ2) is 6.87. The monoisotopic (exact) mass is 318 g/mol. The quantitative estimate of drug-likeness (QED) is 0.842. The van der Waals surface area contributed by atoms with E-state index < -0.39 is 11.8 Å². The summed E-state index contributed by atoms with van der Waals surface area (Å²) in [5.41, 5.74) is 5.33. The van der Waals surface area contributed by atoms with Gasteiger partial charge in [-0.25, -0.2) is 0 Å². The number of hydrogen-bond acceptors (Lipinski definition) is 5. The van der Waals surface area contributed by atoms with Crippen molar-refractivity contribution < 1.29 is 23.5 Å². The lowest BCUT2D eigenvalue weighted by molar-refractivity contribution is 0.0844. The molecule has 2 rings (SSSR count). The zero-order valence-electron chi connectivity index (χ0n) is 13.4. The van der Waals surface area contributed by atoms with Crippen molar-refractivity contribution in [3.63, 3.8) is 0 Å². The molecule has 1 aromatic carbocycles. The second-order valence-electron chi connectivity index (χ2n) is 4.80. The third-order valence-electron chi connectivity index (χ3n) is 3.23. The molecule has 0 aliphatic carbocycles. The van der Waals surface area contributed by atoms with Crippen LogP contribution in [-0.2, 0) is 0 Å². The molecule has 122 valence electrons. The highest BCUT2D eigenvalue weighted by molar-refractivity contribution is 6.01. The summed E-state index contributed by atoms with van der Waals surface area (Å²) in [5, 5.41) is 0. The first-order valence-electron chi connectivity index (χ1n) is 6.86. The number of ether oxygens (including phenoxy) is 2. The minimum Gasteiger partial charge on any atom is -0.497 e. The summed E-state index contributed by atoms with van der Waals surface area (Å²) in [6.45, 7) is 3.42. The maximum atomic E-state index is 12.2. The minimum atomic E-state index is -0.504. The van der Waals surface area contributed by atoms with Crippen LogP contribution in [0.1, 0.15) is 32.2 Å². The molecular weight excluding hydrogens is 300 g/mol. The Bertz CT molecular complexity index is 736. The highest BCUT2D eigenvalue weighted by Crippen LogP contribution is 2.24. The smallest absolute Gasteiger partial charge is 0.273 e. The highest BCUT2D eigenvalue weighted by Gasteiger charge is 2.17. The Kier molecular flexibility index (Phi) is 4.90. The van der Waals surface area contributed by atoms with Crippen molar-refractivity contribution in [3.8, 4) is 11.5 Å². The number of methoxy groups -OCH3 is 2. The number of carbonyl (C=O) groups is 2. The van der Waals surface area contributed by atoms with Crippen LogP contribution in [0.5, 0.6) is 11.5 Å². The Hall–Kier alpha value is -2.96. The van der Waals surface area contributed by atoms with Gasteiger partial charge in [0.05, 0.1) is 25.3 Å². The summed E-state index contributed by atoms with van der Waals surface area (Å²) in [7, 11) is 2.96. The summed E-state index contributed by atoms with van der Waals surface area (Å²) in [4.78, 5) is 24.2. The van der Waals surface area contributed by atoms with Gasteiger partial charge < -0.3 is 13.9 Å². The van der Waals surface area contributed by atoms with E-state index in [-0.39, 0.29) is 5.56 Å². The fourth-order valence-corrected chi connectivity index (χ4v) is 2.09. The third-order valence-corrected chi connectivity index (χ3v) is 3.23. The first kappa shape index (κ1) is 16.4. The van der Waals surface area contributed by atoms with E-state index in [0.717, 1.165) is 0 Å². The summed E-state index contributed by atoms with van der Waals surface area (Å²) in [5.74, 6) is 1.04. The van der Waals surface area contributed by atoms with Crippen LogP contribution in [0.15, 0.2) is 28.7 Å². The second-order valence-corrected chi connectivity index (χ2v) is 4.80. The van der Waals surface area contributed by atoms with Gasteiger partial charge in [-0.3, -0.25) is 20.4 Å². The van der Waals surface area contributed by atoms with Crippen molar-refractivity contribution in [3.05, 3.63) is 46.9 Å². The van der Waals surface area contributed by atoms with Crippen LogP contribution in [0.2, 0.25) is 0 Å². The number of hydrazine groups is 1. The lowest BCUT2D eigenvalue weighted by Gasteiger charge is -2.11. The van der Waals surface area contributed by atoms with E-state index in [9.17, 15) is 9.59 Å². The SMILES string of the molecule is COc1ccc(C(=O)NNC(=O)c2cc(C)oc2C)c(OC)c1. The number of furan rings is 1. The molecule has 23 heavy (non-hydrogen) atoms. The molecule has 0 aliphatic rings. The number of nitrogens with one attached hydrogen (secondary N) is 2. The summed E-state index contributed by atoms with van der Waals surface area (Å²) in [6, 6.07) is 6.36. The van der Waals surface area contributed by atoms with E-state index in [2.05, 4.69) is 10.9 Å². The summed E-state index contributed by atoms with van der Waals surface area (Å²) >= 11 is 0. The fourth-order valence-electron chi connectivity index (χ4n) is 2.09. The molecule has 7 heteroatoms. The van der Waals surface area contributed by atoms with Crippen LogP contribution >= 0.6 is 0 Å². The fraction of sp³-hybridized carbons (Fsp3) is 0.250. The zero-order valence-corrected chi connectivity index (χ0v) is 13.4. The Morgan fingerprint density at radius 1 is 0.957 bits per heavy atom. The van der Waals surface area contributed by atoms with Crippen LogP contribution in [0, 0.1) is 13.8 Å². The van der Waals surface area contributed by atoms with Gasteiger partial charge in [0.1, 0.15) is 23.0 Å². The van der Waals surface area contributed by atoms with Crippen LogP contribution in [0.25, 0.3) is 0 Å². The Morgan fingerprint density at radius 3 is 2.13 bits per heavy atom. The van der Waals surface area contributed by atoms with Crippen LogP contribution in [0.3, 0.4) is 0 Å². The van der Waals surface area contributed by atoms with Crippen LogP contribution in [0.4, 0.5) is 0 Å². The van der Waals surface area contributed by atoms with E-state index in [1.807, 2.05) is 0 Å². The maximum Gasteiger partial charge on any atom is 0.273 e. The molecule has 2 amide bonds. The molecule has 0 fully saturated rings. The average molecular weight is 318 g/mol. The van der Waals surface area contributed by atoms with Gasteiger partial charge in [0, 0.05) is 6.07 Å². The summed E-state index contributed by atoms with van der Waals surface area (Å²) in [6.07, 6.45) is 0. The van der Waals surface area contributed by atoms with Crippen molar-refractivity contribution in [2.45, 2.75) is 13.8 Å². The number of aryl methyl sites for hydroxylation is 2. The molecule has 0 radical (unpaired) electrons. The maximum absolute atomic E-state index is 12.2. The molecule has 0 spiro atoms. The standard InChI is InChI=1S/C16H18N2O5/c1-9-7-13(10(2)23-9)16(20)18-17-15(19)12-6-5-11(21-3)8-14(12)22-4/h5-8H,1-4H3,(H,17,19)(H,18,20). The molecule has 0 bridgehead atoms. The molecule has 0 atom stereocenters. The molecule has 2 N–H and O–H groups in total.